The Kier molecular flexibility index (Phi) is 11.1. The number of nitrogens with one attached hydrogen (secondary N) is 2. The molecule has 3 amide bonds. The Balaban J connectivity index is 2.48. The van der Waals surface area contributed by atoms with Gasteiger partial charge >= 0.3 is 12.0 Å². The van der Waals surface area contributed by atoms with E-state index < -0.39 is 30.6 Å². The first-order chi connectivity index (χ1) is 14.3. The largest absolute Gasteiger partial charge is 0.490 e. The third-order valence-electron chi connectivity index (χ3n) is 4.00. The van der Waals surface area contributed by atoms with Crippen molar-refractivity contribution in [3.63, 3.8) is 0 Å². The van der Waals surface area contributed by atoms with Gasteiger partial charge in [0.25, 0.3) is 5.91 Å². The first-order valence-corrected chi connectivity index (χ1v) is 10.1. The zero-order valence-corrected chi connectivity index (χ0v) is 18.2. The van der Waals surface area contributed by atoms with Gasteiger partial charge in [0.2, 0.25) is 0 Å². The number of carbonyl (C=O) groups excluding carboxylic acids is 3. The molecule has 1 aromatic carbocycles. The number of urea groups is 1. The van der Waals surface area contributed by atoms with Crippen molar-refractivity contribution in [3.05, 3.63) is 23.8 Å². The van der Waals surface area contributed by atoms with Crippen molar-refractivity contribution in [1.82, 2.24) is 10.6 Å². The molecule has 9 nitrogen and oxygen atoms in total. The molecule has 9 heteroatoms. The summed E-state index contributed by atoms with van der Waals surface area (Å²) >= 11 is 0. The van der Waals surface area contributed by atoms with Crippen LogP contribution in [0, 0.1) is 5.92 Å². The molecule has 0 aliphatic rings. The number of ether oxygens (including phenoxy) is 3. The molecule has 1 aromatic rings. The minimum Gasteiger partial charge on any atom is -0.490 e. The summed E-state index contributed by atoms with van der Waals surface area (Å²) in [6, 6.07) is 3.94. The van der Waals surface area contributed by atoms with Gasteiger partial charge in [0, 0.05) is 6.54 Å². The van der Waals surface area contributed by atoms with Crippen LogP contribution in [0.1, 0.15) is 39.7 Å². The summed E-state index contributed by atoms with van der Waals surface area (Å²) < 4.78 is 16.1. The lowest BCUT2D eigenvalue weighted by atomic mass is 10.0. The summed E-state index contributed by atoms with van der Waals surface area (Å²) in [6.07, 6.45) is 0.939. The van der Waals surface area contributed by atoms with Crippen LogP contribution in [-0.4, -0.2) is 50.3 Å². The van der Waals surface area contributed by atoms with Gasteiger partial charge in [-0.15, -0.1) is 0 Å². The fourth-order valence-corrected chi connectivity index (χ4v) is 2.74. The predicted molar refractivity (Wildman–Crippen MR) is 112 cm³/mol. The van der Waals surface area contributed by atoms with Crippen LogP contribution in [0.25, 0.3) is 0 Å². The van der Waals surface area contributed by atoms with Crippen molar-refractivity contribution in [1.29, 1.82) is 0 Å². The highest BCUT2D eigenvalue weighted by Gasteiger charge is 2.23. The lowest BCUT2D eigenvalue weighted by Gasteiger charge is -2.18. The standard InChI is InChI=1S/C21H33N3O6/c1-5-28-17-8-7-15(12-18(17)29-6-2)9-10-23-19(25)13-30-20(26)16(11-14(3)4)24-21(22)27/h7-8,12,14,16H,5-6,9-11,13H2,1-4H3,(H,23,25)(H3,22,24,27). The van der Waals surface area contributed by atoms with Gasteiger partial charge < -0.3 is 30.6 Å². The third kappa shape index (κ3) is 9.49. The average molecular weight is 424 g/mol. The Morgan fingerprint density at radius 3 is 2.33 bits per heavy atom. The van der Waals surface area contributed by atoms with Crippen LogP contribution in [0.5, 0.6) is 11.5 Å². The number of nitrogens with two attached hydrogens (primary N) is 1. The van der Waals surface area contributed by atoms with Crippen LogP contribution in [0.2, 0.25) is 0 Å². The molecule has 1 rings (SSSR count). The minimum atomic E-state index is -0.879. The Morgan fingerprint density at radius 2 is 1.73 bits per heavy atom. The summed E-state index contributed by atoms with van der Waals surface area (Å²) in [5.74, 6) is 0.362. The first kappa shape index (κ1) is 25.1. The number of hydrogen-bond acceptors (Lipinski definition) is 6. The smallest absolute Gasteiger partial charge is 0.329 e. The summed E-state index contributed by atoms with van der Waals surface area (Å²) in [7, 11) is 0. The van der Waals surface area contributed by atoms with Crippen molar-refractivity contribution in [3.8, 4) is 11.5 Å². The van der Waals surface area contributed by atoms with E-state index in [0.717, 1.165) is 5.56 Å². The molecule has 4 N–H and O–H groups in total. The van der Waals surface area contributed by atoms with E-state index in [2.05, 4.69) is 10.6 Å². The topological polar surface area (TPSA) is 129 Å². The van der Waals surface area contributed by atoms with Gasteiger partial charge in [0.05, 0.1) is 13.2 Å². The molecule has 0 saturated carbocycles. The number of esters is 1. The van der Waals surface area contributed by atoms with Crippen LogP contribution in [0.15, 0.2) is 18.2 Å². The Hall–Kier alpha value is -2.97. The Bertz CT molecular complexity index is 708. The molecule has 0 spiro atoms. The molecule has 0 saturated heterocycles. The molecular weight excluding hydrogens is 390 g/mol. The second-order valence-corrected chi connectivity index (χ2v) is 7.05. The van der Waals surface area contributed by atoms with Gasteiger partial charge in [0.1, 0.15) is 6.04 Å². The summed E-state index contributed by atoms with van der Waals surface area (Å²) in [5.41, 5.74) is 6.06. The molecule has 0 fully saturated rings. The summed E-state index contributed by atoms with van der Waals surface area (Å²) in [6.45, 7) is 8.60. The third-order valence-corrected chi connectivity index (χ3v) is 4.00. The van der Waals surface area contributed by atoms with Crippen LogP contribution in [-0.2, 0) is 20.7 Å². The maximum Gasteiger partial charge on any atom is 0.329 e. The van der Waals surface area contributed by atoms with Crippen molar-refractivity contribution >= 4 is 17.9 Å². The number of amides is 3. The number of primary amides is 1. The molecule has 0 bridgehead atoms. The van der Waals surface area contributed by atoms with Crippen LogP contribution < -0.4 is 25.8 Å². The zero-order valence-electron chi connectivity index (χ0n) is 18.2. The molecule has 0 aliphatic carbocycles. The van der Waals surface area contributed by atoms with Gasteiger partial charge in [-0.05, 0) is 50.3 Å². The van der Waals surface area contributed by atoms with Crippen LogP contribution in [0.4, 0.5) is 4.79 Å². The number of hydrogen-bond donors (Lipinski definition) is 3. The zero-order chi connectivity index (χ0) is 22.5. The highest BCUT2D eigenvalue weighted by molar-refractivity contribution is 5.85. The van der Waals surface area contributed by atoms with E-state index in [1.54, 1.807) is 0 Å². The fourth-order valence-electron chi connectivity index (χ4n) is 2.74. The monoisotopic (exact) mass is 423 g/mol. The molecule has 1 unspecified atom stereocenters. The fraction of sp³-hybridized carbons (Fsp3) is 0.571. The van der Waals surface area contributed by atoms with Crippen LogP contribution in [0.3, 0.4) is 0 Å². The molecule has 1 atom stereocenters. The molecule has 0 aliphatic heterocycles. The van der Waals surface area contributed by atoms with E-state index in [-0.39, 0.29) is 5.92 Å². The Labute approximate surface area is 177 Å². The lowest BCUT2D eigenvalue weighted by Crippen LogP contribution is -2.46. The molecule has 0 heterocycles. The van der Waals surface area contributed by atoms with E-state index in [0.29, 0.717) is 44.1 Å². The summed E-state index contributed by atoms with van der Waals surface area (Å²) in [5, 5.41) is 5.04. The van der Waals surface area contributed by atoms with E-state index in [1.165, 1.54) is 0 Å². The maximum atomic E-state index is 12.1. The van der Waals surface area contributed by atoms with E-state index in [1.807, 2.05) is 45.9 Å². The van der Waals surface area contributed by atoms with Crippen LogP contribution >= 0.6 is 0 Å². The van der Waals surface area contributed by atoms with E-state index in [9.17, 15) is 14.4 Å². The minimum absolute atomic E-state index is 0.138. The highest BCUT2D eigenvalue weighted by Crippen LogP contribution is 2.28. The lowest BCUT2D eigenvalue weighted by molar-refractivity contribution is -0.150. The molecule has 0 aromatic heterocycles. The highest BCUT2D eigenvalue weighted by atomic mass is 16.5. The molecule has 168 valence electrons. The van der Waals surface area contributed by atoms with Crippen molar-refractivity contribution in [2.24, 2.45) is 11.7 Å². The second kappa shape index (κ2) is 13.3. The molecule has 0 radical (unpaired) electrons. The van der Waals surface area contributed by atoms with E-state index >= 15 is 0 Å². The maximum absolute atomic E-state index is 12.1. The van der Waals surface area contributed by atoms with Crippen molar-refractivity contribution in [2.45, 2.75) is 46.6 Å². The number of carbonyl (C=O) groups is 3. The van der Waals surface area contributed by atoms with Gasteiger partial charge in [0.15, 0.2) is 18.1 Å². The number of benzene rings is 1. The predicted octanol–water partition coefficient (Wildman–Crippen LogP) is 1.77. The van der Waals surface area contributed by atoms with Gasteiger partial charge in [-0.1, -0.05) is 19.9 Å². The van der Waals surface area contributed by atoms with Crippen molar-refractivity contribution < 1.29 is 28.6 Å². The van der Waals surface area contributed by atoms with Gasteiger partial charge in [-0.25, -0.2) is 9.59 Å². The van der Waals surface area contributed by atoms with Gasteiger partial charge in [-0.2, -0.15) is 0 Å². The van der Waals surface area contributed by atoms with Crippen molar-refractivity contribution in [2.75, 3.05) is 26.4 Å². The van der Waals surface area contributed by atoms with Gasteiger partial charge in [-0.3, -0.25) is 4.79 Å². The summed E-state index contributed by atoms with van der Waals surface area (Å²) in [4.78, 5) is 35.1. The Morgan fingerprint density at radius 1 is 1.07 bits per heavy atom. The normalized spacial score (nSPS) is 11.5. The SMILES string of the molecule is CCOc1ccc(CCNC(=O)COC(=O)C(CC(C)C)NC(N)=O)cc1OCC. The second-order valence-electron chi connectivity index (χ2n) is 7.05. The number of rotatable bonds is 13. The van der Waals surface area contributed by atoms with E-state index in [4.69, 9.17) is 19.9 Å². The quantitative estimate of drug-likeness (QED) is 0.415. The molecular formula is C21H33N3O6. The average Bonchev–Trinajstić information content (AvgIpc) is 2.67. The molecule has 30 heavy (non-hydrogen) atoms. The first-order valence-electron chi connectivity index (χ1n) is 10.1.